The van der Waals surface area contributed by atoms with Gasteiger partial charge in [-0.1, -0.05) is 0 Å². The molecule has 1 saturated carbocycles. The van der Waals surface area contributed by atoms with E-state index in [4.69, 9.17) is 0 Å². The number of fused-ring (bicyclic) bond motifs is 2. The molecule has 5 rings (SSSR count). The van der Waals surface area contributed by atoms with Gasteiger partial charge in [-0.15, -0.1) is 0 Å². The molecule has 0 aromatic carbocycles. The molecule has 3 aromatic heterocycles. The molecule has 3 aromatic rings. The molecule has 1 spiro atoms. The summed E-state index contributed by atoms with van der Waals surface area (Å²) in [4.78, 5) is 37.7. The Morgan fingerprint density at radius 2 is 2.00 bits per heavy atom. The summed E-state index contributed by atoms with van der Waals surface area (Å²) < 4.78 is 1.51. The fourth-order valence-corrected chi connectivity index (χ4v) is 4.43. The van der Waals surface area contributed by atoms with Crippen molar-refractivity contribution in [1.29, 1.82) is 0 Å². The van der Waals surface area contributed by atoms with E-state index in [1.807, 2.05) is 25.0 Å². The predicted molar refractivity (Wildman–Crippen MR) is 105 cm³/mol. The van der Waals surface area contributed by atoms with Gasteiger partial charge in [0.15, 0.2) is 0 Å². The van der Waals surface area contributed by atoms with Crippen LogP contribution in [-0.2, 0) is 0 Å². The first-order chi connectivity index (χ1) is 13.5. The van der Waals surface area contributed by atoms with Gasteiger partial charge in [-0.3, -0.25) is 14.6 Å². The lowest BCUT2D eigenvalue weighted by molar-refractivity contribution is 0.0829. The van der Waals surface area contributed by atoms with Crippen molar-refractivity contribution in [2.45, 2.75) is 38.3 Å². The lowest BCUT2D eigenvalue weighted by Gasteiger charge is -2.46. The number of nitrogens with zero attached hydrogens (tertiary/aromatic N) is 4. The number of pyridine rings is 1. The van der Waals surface area contributed by atoms with Gasteiger partial charge >= 0.3 is 0 Å². The van der Waals surface area contributed by atoms with E-state index in [0.29, 0.717) is 22.8 Å². The van der Waals surface area contributed by atoms with Gasteiger partial charge in [0, 0.05) is 13.2 Å². The topological polar surface area (TPSA) is 108 Å². The molecule has 1 aliphatic carbocycles. The molecule has 144 valence electrons. The van der Waals surface area contributed by atoms with Crippen molar-refractivity contribution >= 4 is 28.4 Å². The lowest BCUT2D eigenvalue weighted by Crippen LogP contribution is -2.68. The van der Waals surface area contributed by atoms with E-state index in [0.717, 1.165) is 36.6 Å². The first kappa shape index (κ1) is 16.8. The molecule has 3 N–H and O–H groups in total. The van der Waals surface area contributed by atoms with Gasteiger partial charge in [0.2, 0.25) is 0 Å². The zero-order valence-electron chi connectivity index (χ0n) is 15.7. The average Bonchev–Trinajstić information content (AvgIpc) is 3.33. The first-order valence-electron chi connectivity index (χ1n) is 9.39. The standard InChI is InChI=1S/C19H21N7O2/c1-11-9-13(23-16-12-5-8-20-15(12)21-10-22-16)18(28)26-14(11)17(27)24-19(25(26)2)6-3-4-7-19/h5,8-10H,3-4,6-7H2,1-2H3,(H,24,27)(H2,20,21,22,23). The summed E-state index contributed by atoms with van der Waals surface area (Å²) in [5.74, 6) is 0.345. The summed E-state index contributed by atoms with van der Waals surface area (Å²) in [7, 11) is 1.87. The van der Waals surface area contributed by atoms with Gasteiger partial charge in [0.1, 0.15) is 34.8 Å². The van der Waals surface area contributed by atoms with E-state index in [1.165, 1.54) is 11.0 Å². The summed E-state index contributed by atoms with van der Waals surface area (Å²) in [5, 5.41) is 8.97. The summed E-state index contributed by atoms with van der Waals surface area (Å²) >= 11 is 0. The first-order valence-corrected chi connectivity index (χ1v) is 9.39. The SMILES string of the molecule is Cc1cc(Nc2ncnc3[nH]ccc23)c(=O)n2c1C(=O)NC1(CCCC1)N2C. The molecule has 0 atom stereocenters. The van der Waals surface area contributed by atoms with Gasteiger partial charge in [-0.05, 0) is 50.3 Å². The summed E-state index contributed by atoms with van der Waals surface area (Å²) in [6, 6.07) is 3.56. The highest BCUT2D eigenvalue weighted by molar-refractivity contribution is 5.96. The second-order valence-electron chi connectivity index (χ2n) is 7.51. The van der Waals surface area contributed by atoms with E-state index in [-0.39, 0.29) is 11.5 Å². The Balaban J connectivity index is 1.65. The van der Waals surface area contributed by atoms with Gasteiger partial charge in [0.05, 0.1) is 5.39 Å². The molecule has 28 heavy (non-hydrogen) atoms. The lowest BCUT2D eigenvalue weighted by atomic mass is 10.0. The van der Waals surface area contributed by atoms with Crippen LogP contribution in [0.25, 0.3) is 11.0 Å². The van der Waals surface area contributed by atoms with Crippen LogP contribution in [0.4, 0.5) is 11.5 Å². The number of hydrogen-bond acceptors (Lipinski definition) is 6. The number of carbonyl (C=O) groups is 1. The van der Waals surface area contributed by atoms with Crippen molar-refractivity contribution < 1.29 is 4.79 Å². The molecule has 0 saturated heterocycles. The quantitative estimate of drug-likeness (QED) is 0.626. The van der Waals surface area contributed by atoms with Gasteiger partial charge in [-0.2, -0.15) is 0 Å². The van der Waals surface area contributed by atoms with E-state index in [1.54, 1.807) is 12.3 Å². The average molecular weight is 379 g/mol. The van der Waals surface area contributed by atoms with Crippen LogP contribution in [-0.4, -0.2) is 38.2 Å². The monoisotopic (exact) mass is 379 g/mol. The fraction of sp³-hybridized carbons (Fsp3) is 0.368. The van der Waals surface area contributed by atoms with E-state index < -0.39 is 5.66 Å². The van der Waals surface area contributed by atoms with Crippen molar-refractivity contribution in [2.75, 3.05) is 17.4 Å². The molecule has 9 nitrogen and oxygen atoms in total. The minimum atomic E-state index is -0.498. The summed E-state index contributed by atoms with van der Waals surface area (Å²) in [5.41, 5.74) is 1.39. The van der Waals surface area contributed by atoms with Crippen LogP contribution >= 0.6 is 0 Å². The van der Waals surface area contributed by atoms with Crippen LogP contribution in [0.1, 0.15) is 41.7 Å². The Hall–Kier alpha value is -3.36. The molecule has 1 fully saturated rings. The zero-order valence-corrected chi connectivity index (χ0v) is 15.7. The minimum Gasteiger partial charge on any atom is -0.346 e. The number of anilines is 2. The number of aromatic amines is 1. The maximum absolute atomic E-state index is 13.4. The Morgan fingerprint density at radius 3 is 2.79 bits per heavy atom. The third-order valence-electron chi connectivity index (χ3n) is 5.89. The highest BCUT2D eigenvalue weighted by Gasteiger charge is 2.45. The van der Waals surface area contributed by atoms with Gasteiger partial charge in [-0.25, -0.2) is 14.6 Å². The van der Waals surface area contributed by atoms with Crippen LogP contribution in [0.5, 0.6) is 0 Å². The number of aryl methyl sites for hydroxylation is 1. The molecular formula is C19H21N7O2. The molecule has 0 radical (unpaired) electrons. The van der Waals surface area contributed by atoms with Crippen LogP contribution in [0.3, 0.4) is 0 Å². The van der Waals surface area contributed by atoms with E-state index >= 15 is 0 Å². The fourth-order valence-electron chi connectivity index (χ4n) is 4.43. The molecule has 2 aliphatic rings. The van der Waals surface area contributed by atoms with E-state index in [2.05, 4.69) is 25.6 Å². The highest BCUT2D eigenvalue weighted by atomic mass is 16.2. The normalized spacial score (nSPS) is 17.8. The molecule has 9 heteroatoms. The van der Waals surface area contributed by atoms with Crippen molar-refractivity contribution in [2.24, 2.45) is 0 Å². The van der Waals surface area contributed by atoms with Crippen molar-refractivity contribution in [3.05, 3.63) is 46.3 Å². The molecule has 0 bridgehead atoms. The minimum absolute atomic E-state index is 0.198. The van der Waals surface area contributed by atoms with Gasteiger partial charge in [0.25, 0.3) is 11.5 Å². The number of amides is 1. The number of aromatic nitrogens is 4. The summed E-state index contributed by atoms with van der Waals surface area (Å²) in [6.45, 7) is 1.84. The van der Waals surface area contributed by atoms with Crippen molar-refractivity contribution in [3.63, 3.8) is 0 Å². The van der Waals surface area contributed by atoms with Crippen molar-refractivity contribution in [3.8, 4) is 0 Å². The third kappa shape index (κ3) is 2.25. The molecule has 0 unspecified atom stereocenters. The largest absolute Gasteiger partial charge is 0.346 e. The predicted octanol–water partition coefficient (Wildman–Crippen LogP) is 1.75. The summed E-state index contributed by atoms with van der Waals surface area (Å²) in [6.07, 6.45) is 6.92. The van der Waals surface area contributed by atoms with Crippen molar-refractivity contribution in [1.82, 2.24) is 24.9 Å². The van der Waals surface area contributed by atoms with Crippen LogP contribution in [0, 0.1) is 6.92 Å². The number of nitrogens with one attached hydrogen (secondary N) is 3. The van der Waals surface area contributed by atoms with E-state index in [9.17, 15) is 9.59 Å². The second-order valence-corrected chi connectivity index (χ2v) is 7.51. The third-order valence-corrected chi connectivity index (χ3v) is 5.89. The van der Waals surface area contributed by atoms with Gasteiger partial charge < -0.3 is 15.6 Å². The Kier molecular flexibility index (Phi) is 3.49. The molecule has 4 heterocycles. The molecule has 1 aliphatic heterocycles. The maximum atomic E-state index is 13.4. The highest BCUT2D eigenvalue weighted by Crippen LogP contribution is 2.34. The number of carbonyl (C=O) groups excluding carboxylic acids is 1. The van der Waals surface area contributed by atoms with Crippen LogP contribution < -0.4 is 21.2 Å². The van der Waals surface area contributed by atoms with Crippen LogP contribution in [0.15, 0.2) is 29.5 Å². The molecular weight excluding hydrogens is 358 g/mol. The smallest absolute Gasteiger partial charge is 0.293 e. The molecule has 1 amide bonds. The second kappa shape index (κ2) is 5.82. The number of H-pyrrole nitrogens is 1. The Bertz CT molecular complexity index is 1160. The number of hydrogen-bond donors (Lipinski definition) is 3. The zero-order chi connectivity index (χ0) is 19.5. The number of rotatable bonds is 2. The Labute approximate surface area is 160 Å². The van der Waals surface area contributed by atoms with Crippen LogP contribution in [0.2, 0.25) is 0 Å². The Morgan fingerprint density at radius 1 is 1.21 bits per heavy atom. The maximum Gasteiger partial charge on any atom is 0.293 e.